The molecule has 7 nitrogen and oxygen atoms in total. The molecule has 1 amide bonds. The molecular formula is C23H21F4N3O4S. The number of alkyl halides is 3. The average molecular weight is 511 g/mol. The maximum atomic E-state index is 13.9. The second kappa shape index (κ2) is 8.87. The highest BCUT2D eigenvalue weighted by atomic mass is 32.2. The van der Waals surface area contributed by atoms with Crippen molar-refractivity contribution in [2.75, 3.05) is 7.11 Å². The lowest BCUT2D eigenvalue weighted by molar-refractivity contribution is -0.139. The van der Waals surface area contributed by atoms with E-state index >= 15 is 0 Å². The van der Waals surface area contributed by atoms with E-state index in [-0.39, 0.29) is 24.1 Å². The van der Waals surface area contributed by atoms with Crippen LogP contribution >= 0.6 is 0 Å². The summed E-state index contributed by atoms with van der Waals surface area (Å²) >= 11 is 0. The average Bonchev–Trinajstić information content (AvgIpc) is 3.44. The standard InChI is InChI=1S/C23H21F4N3O4S/c1-34-19-10-15(9-16(19)21(31)30-22(12-28)6-7-22)35(32,33)20-5-2-13(8-17(20)23(25,26)27)18-4-3-14(24)11-29-18/h2-5,8,11,15-16,19H,6-7,9-10H2,1H3,(H,30,31)/t15-,16-,19-/m1/s1. The predicted molar refractivity (Wildman–Crippen MR) is 115 cm³/mol. The van der Waals surface area contributed by atoms with Crippen LogP contribution in [0.3, 0.4) is 0 Å². The Bertz CT molecular complexity index is 1290. The van der Waals surface area contributed by atoms with Gasteiger partial charge in [0, 0.05) is 12.7 Å². The maximum Gasteiger partial charge on any atom is 0.417 e. The molecule has 1 aromatic heterocycles. The highest BCUT2D eigenvalue weighted by Gasteiger charge is 2.51. The molecule has 12 heteroatoms. The van der Waals surface area contributed by atoms with Gasteiger partial charge in [0.2, 0.25) is 5.91 Å². The van der Waals surface area contributed by atoms with Crippen molar-refractivity contribution < 1.29 is 35.5 Å². The summed E-state index contributed by atoms with van der Waals surface area (Å²) in [5, 5.41) is 10.5. The van der Waals surface area contributed by atoms with Crippen LogP contribution in [0.4, 0.5) is 17.6 Å². The van der Waals surface area contributed by atoms with Crippen molar-refractivity contribution >= 4 is 15.7 Å². The van der Waals surface area contributed by atoms with Crippen molar-refractivity contribution in [3.63, 3.8) is 0 Å². The van der Waals surface area contributed by atoms with Gasteiger partial charge in [-0.3, -0.25) is 9.78 Å². The van der Waals surface area contributed by atoms with E-state index in [1.807, 2.05) is 6.07 Å². The summed E-state index contributed by atoms with van der Waals surface area (Å²) in [6.07, 6.45) is -4.44. The molecule has 2 aliphatic carbocycles. The summed E-state index contributed by atoms with van der Waals surface area (Å²) in [4.78, 5) is 15.6. The van der Waals surface area contributed by atoms with Crippen molar-refractivity contribution in [2.24, 2.45) is 5.92 Å². The molecule has 0 bridgehead atoms. The zero-order valence-electron chi connectivity index (χ0n) is 18.5. The van der Waals surface area contributed by atoms with E-state index in [0.717, 1.165) is 18.3 Å². The monoisotopic (exact) mass is 511 g/mol. The quantitative estimate of drug-likeness (QED) is 0.593. The van der Waals surface area contributed by atoms with Gasteiger partial charge < -0.3 is 10.1 Å². The summed E-state index contributed by atoms with van der Waals surface area (Å²) in [5.41, 5.74) is -2.32. The Morgan fingerprint density at radius 2 is 1.94 bits per heavy atom. The van der Waals surface area contributed by atoms with Crippen LogP contribution in [0.15, 0.2) is 41.4 Å². The van der Waals surface area contributed by atoms with Crippen LogP contribution in [0.2, 0.25) is 0 Å². The normalized spacial score (nSPS) is 23.5. The zero-order valence-corrected chi connectivity index (χ0v) is 19.3. The number of carbonyl (C=O) groups is 1. The molecule has 2 fully saturated rings. The van der Waals surface area contributed by atoms with Crippen molar-refractivity contribution in [3.8, 4) is 17.3 Å². The van der Waals surface area contributed by atoms with Gasteiger partial charge in [-0.2, -0.15) is 18.4 Å². The van der Waals surface area contributed by atoms with Gasteiger partial charge >= 0.3 is 6.18 Å². The Kier molecular flexibility index (Phi) is 6.36. The number of nitrogens with one attached hydrogen (secondary N) is 1. The molecule has 1 N–H and O–H groups in total. The van der Waals surface area contributed by atoms with E-state index in [1.165, 1.54) is 19.2 Å². The molecule has 2 aromatic rings. The van der Waals surface area contributed by atoms with Gasteiger partial charge in [0.1, 0.15) is 11.4 Å². The molecule has 0 radical (unpaired) electrons. The Labute approximate surface area is 199 Å². The molecule has 2 aliphatic rings. The number of pyridine rings is 1. The van der Waals surface area contributed by atoms with Crippen LogP contribution < -0.4 is 5.32 Å². The van der Waals surface area contributed by atoms with E-state index in [4.69, 9.17) is 4.74 Å². The molecule has 1 heterocycles. The summed E-state index contributed by atoms with van der Waals surface area (Å²) in [6, 6.07) is 6.95. The number of halogens is 4. The summed E-state index contributed by atoms with van der Waals surface area (Å²) in [6.45, 7) is 0. The first kappa shape index (κ1) is 25.1. The molecule has 4 rings (SSSR count). The van der Waals surface area contributed by atoms with Gasteiger partial charge in [-0.1, -0.05) is 6.07 Å². The molecule has 35 heavy (non-hydrogen) atoms. The number of carbonyl (C=O) groups excluding carboxylic acids is 1. The first-order valence-electron chi connectivity index (χ1n) is 10.7. The number of methoxy groups -OCH3 is 1. The minimum absolute atomic E-state index is 0.0269. The van der Waals surface area contributed by atoms with E-state index in [2.05, 4.69) is 10.3 Å². The number of nitriles is 1. The number of rotatable bonds is 6. The zero-order chi connectivity index (χ0) is 25.6. The topological polar surface area (TPSA) is 109 Å². The van der Waals surface area contributed by atoms with Crippen LogP contribution in [-0.4, -0.2) is 43.3 Å². The molecule has 0 saturated heterocycles. The van der Waals surface area contributed by atoms with Crippen molar-refractivity contribution in [1.82, 2.24) is 10.3 Å². The van der Waals surface area contributed by atoms with Gasteiger partial charge in [0.15, 0.2) is 9.84 Å². The number of ether oxygens (including phenoxy) is 1. The van der Waals surface area contributed by atoms with Gasteiger partial charge in [0.05, 0.1) is 45.7 Å². The Balaban J connectivity index is 1.66. The molecule has 1 aromatic carbocycles. The van der Waals surface area contributed by atoms with Crippen LogP contribution in [0.25, 0.3) is 11.3 Å². The molecule has 186 valence electrons. The van der Waals surface area contributed by atoms with Crippen molar-refractivity contribution in [1.29, 1.82) is 5.26 Å². The lowest BCUT2D eigenvalue weighted by Gasteiger charge is -2.19. The number of amides is 1. The molecular weight excluding hydrogens is 490 g/mol. The molecule has 2 saturated carbocycles. The van der Waals surface area contributed by atoms with Crippen LogP contribution in [-0.2, 0) is 25.5 Å². The van der Waals surface area contributed by atoms with Gasteiger partial charge in [-0.25, -0.2) is 12.8 Å². The molecule has 0 unspecified atom stereocenters. The Morgan fingerprint density at radius 1 is 1.23 bits per heavy atom. The summed E-state index contributed by atoms with van der Waals surface area (Å²) in [7, 11) is -3.23. The number of sulfone groups is 1. The number of hydrogen-bond acceptors (Lipinski definition) is 6. The fourth-order valence-electron chi connectivity index (χ4n) is 4.35. The lowest BCUT2D eigenvalue weighted by atomic mass is 10.0. The van der Waals surface area contributed by atoms with Crippen molar-refractivity contribution in [3.05, 3.63) is 47.9 Å². The predicted octanol–water partition coefficient (Wildman–Crippen LogP) is 3.65. The Hall–Kier alpha value is -3.04. The first-order valence-corrected chi connectivity index (χ1v) is 12.3. The Morgan fingerprint density at radius 3 is 2.49 bits per heavy atom. The van der Waals surface area contributed by atoms with Crippen LogP contribution in [0.1, 0.15) is 31.2 Å². The number of benzene rings is 1. The van der Waals surface area contributed by atoms with E-state index in [1.54, 1.807) is 0 Å². The highest BCUT2D eigenvalue weighted by Crippen LogP contribution is 2.42. The fraction of sp³-hybridized carbons (Fsp3) is 0.435. The smallest absolute Gasteiger partial charge is 0.381 e. The fourth-order valence-corrected chi connectivity index (χ4v) is 6.35. The largest absolute Gasteiger partial charge is 0.417 e. The van der Waals surface area contributed by atoms with E-state index < -0.39 is 61.0 Å². The SMILES string of the molecule is CO[C@@H]1C[C@H](S(=O)(=O)c2ccc(-c3ccc(F)cn3)cc2C(F)(F)F)C[C@H]1C(=O)NC1(C#N)CC1. The minimum atomic E-state index is -5.00. The highest BCUT2D eigenvalue weighted by molar-refractivity contribution is 7.92. The summed E-state index contributed by atoms with van der Waals surface area (Å²) < 4.78 is 87.0. The van der Waals surface area contributed by atoms with E-state index in [9.17, 15) is 36.0 Å². The molecule has 3 atom stereocenters. The van der Waals surface area contributed by atoms with E-state index in [0.29, 0.717) is 18.9 Å². The van der Waals surface area contributed by atoms with Gasteiger partial charge in [0.25, 0.3) is 0 Å². The third-order valence-electron chi connectivity index (χ3n) is 6.48. The first-order chi connectivity index (χ1) is 16.4. The third kappa shape index (κ3) is 4.88. The summed E-state index contributed by atoms with van der Waals surface area (Å²) in [5.74, 6) is -2.15. The second-order valence-corrected chi connectivity index (χ2v) is 11.0. The third-order valence-corrected chi connectivity index (χ3v) is 8.71. The van der Waals surface area contributed by atoms with Crippen molar-refractivity contribution in [2.45, 2.75) is 53.6 Å². The number of hydrogen-bond donors (Lipinski definition) is 1. The van der Waals surface area contributed by atoms with Crippen LogP contribution in [0.5, 0.6) is 0 Å². The molecule has 0 spiro atoms. The maximum absolute atomic E-state index is 13.9. The minimum Gasteiger partial charge on any atom is -0.381 e. The molecule has 0 aliphatic heterocycles. The number of aromatic nitrogens is 1. The second-order valence-electron chi connectivity index (χ2n) is 8.77. The van der Waals surface area contributed by atoms with Gasteiger partial charge in [-0.15, -0.1) is 0 Å². The van der Waals surface area contributed by atoms with Crippen LogP contribution in [0, 0.1) is 23.1 Å². The van der Waals surface area contributed by atoms with Gasteiger partial charge in [-0.05, 0) is 49.9 Å². The lowest BCUT2D eigenvalue weighted by Crippen LogP contribution is -2.42. The number of nitrogens with zero attached hydrogens (tertiary/aromatic N) is 2.